The molecule has 0 spiro atoms. The van der Waals surface area contributed by atoms with Gasteiger partial charge in [-0.3, -0.25) is 19.8 Å². The normalized spacial score (nSPS) is 34.7. The van der Waals surface area contributed by atoms with Gasteiger partial charge in [0.05, 0.1) is 7.11 Å². The van der Waals surface area contributed by atoms with E-state index in [1.807, 2.05) is 17.6 Å². The molecule has 1 aliphatic heterocycles. The average Bonchev–Trinajstić information content (AvgIpc) is 3.04. The predicted molar refractivity (Wildman–Crippen MR) is 119 cm³/mol. The van der Waals surface area contributed by atoms with Gasteiger partial charge in [0.25, 0.3) is 17.5 Å². The van der Waals surface area contributed by atoms with Gasteiger partial charge in [0.1, 0.15) is 5.75 Å². The molecule has 1 aromatic carbocycles. The maximum absolute atomic E-state index is 14.4. The fourth-order valence-electron chi connectivity index (χ4n) is 7.64. The second-order valence-corrected chi connectivity index (χ2v) is 10.7. The summed E-state index contributed by atoms with van der Waals surface area (Å²) in [4.78, 5) is 40.2. The van der Waals surface area contributed by atoms with Gasteiger partial charge in [-0.05, 0) is 92.4 Å². The number of alkyl halides is 3. The number of nitrogens with one attached hydrogen (secondary N) is 2. The van der Waals surface area contributed by atoms with E-state index >= 15 is 0 Å². The van der Waals surface area contributed by atoms with Crippen LogP contribution < -0.4 is 15.4 Å². The van der Waals surface area contributed by atoms with Crippen molar-refractivity contribution in [3.05, 3.63) is 29.8 Å². The van der Waals surface area contributed by atoms with Gasteiger partial charge >= 0.3 is 12.2 Å². The minimum Gasteiger partial charge on any atom is -0.497 e. The molecular formula is C25H30F3N3O4. The molecule has 1 saturated heterocycles. The molecular weight excluding hydrogens is 463 g/mol. The molecule has 1 heterocycles. The molecule has 6 rings (SSSR count). The molecule has 10 heteroatoms. The zero-order chi connectivity index (χ0) is 25.2. The highest BCUT2D eigenvalue weighted by Crippen LogP contribution is 2.62. The third kappa shape index (κ3) is 3.67. The zero-order valence-electron chi connectivity index (χ0n) is 19.8. The van der Waals surface area contributed by atoms with E-state index in [9.17, 15) is 27.6 Å². The second kappa shape index (κ2) is 8.13. The van der Waals surface area contributed by atoms with Crippen molar-refractivity contribution >= 4 is 17.8 Å². The summed E-state index contributed by atoms with van der Waals surface area (Å²) in [5, 5.41) is 3.65. The maximum Gasteiger partial charge on any atom is 0.440 e. The van der Waals surface area contributed by atoms with Crippen molar-refractivity contribution in [1.29, 1.82) is 0 Å². The van der Waals surface area contributed by atoms with Crippen LogP contribution in [0.15, 0.2) is 24.3 Å². The molecule has 4 aliphatic carbocycles. The highest BCUT2D eigenvalue weighted by molar-refractivity contribution is 6.10. The van der Waals surface area contributed by atoms with E-state index in [0.717, 1.165) is 43.4 Å². The number of ether oxygens (including phenoxy) is 1. The number of hydrogen-bond acceptors (Lipinski definition) is 4. The van der Waals surface area contributed by atoms with Crippen LogP contribution in [0, 0.1) is 23.2 Å². The smallest absolute Gasteiger partial charge is 0.440 e. The van der Waals surface area contributed by atoms with Crippen LogP contribution >= 0.6 is 0 Å². The highest BCUT2D eigenvalue weighted by Gasteiger charge is 2.71. The fraction of sp³-hybridized carbons (Fsp3) is 0.640. The number of methoxy groups -OCH3 is 1. The van der Waals surface area contributed by atoms with E-state index in [0.29, 0.717) is 29.9 Å². The number of rotatable bonds is 6. The largest absolute Gasteiger partial charge is 0.497 e. The Bertz CT molecular complexity index is 1010. The first-order valence-corrected chi connectivity index (χ1v) is 12.2. The van der Waals surface area contributed by atoms with Gasteiger partial charge in [0.2, 0.25) is 0 Å². The first-order valence-electron chi connectivity index (χ1n) is 12.2. The highest BCUT2D eigenvalue weighted by atomic mass is 19.4. The molecule has 0 radical (unpaired) electrons. The second-order valence-electron chi connectivity index (χ2n) is 10.7. The predicted octanol–water partition coefficient (Wildman–Crippen LogP) is 4.23. The zero-order valence-corrected chi connectivity index (χ0v) is 19.8. The van der Waals surface area contributed by atoms with Crippen LogP contribution in [0.4, 0.5) is 18.0 Å². The number of imide groups is 1. The Morgan fingerprint density at radius 2 is 1.66 bits per heavy atom. The molecule has 5 fully saturated rings. The summed E-state index contributed by atoms with van der Waals surface area (Å²) >= 11 is 0. The number of nitrogens with zero attached hydrogens (tertiary/aromatic N) is 1. The van der Waals surface area contributed by atoms with E-state index in [1.54, 1.807) is 0 Å². The minimum atomic E-state index is -5.24. The maximum atomic E-state index is 14.4. The summed E-state index contributed by atoms with van der Waals surface area (Å²) in [6, 6.07) is 3.69. The van der Waals surface area contributed by atoms with Gasteiger partial charge in [-0.2, -0.15) is 13.2 Å². The van der Waals surface area contributed by atoms with E-state index in [-0.39, 0.29) is 11.0 Å². The van der Waals surface area contributed by atoms with Crippen LogP contribution in [0.25, 0.3) is 0 Å². The minimum absolute atomic E-state index is 0.0944. The average molecular weight is 494 g/mol. The molecule has 4 amide bonds. The molecule has 5 aliphatic rings. The lowest BCUT2D eigenvalue weighted by atomic mass is 9.47. The molecule has 190 valence electrons. The molecule has 35 heavy (non-hydrogen) atoms. The van der Waals surface area contributed by atoms with E-state index < -0.39 is 35.7 Å². The summed E-state index contributed by atoms with van der Waals surface area (Å²) in [5.74, 6) is -0.665. The number of halogens is 3. The number of hydrogen-bond donors (Lipinski definition) is 2. The molecule has 0 unspecified atom stereocenters. The van der Waals surface area contributed by atoms with Gasteiger partial charge in [-0.25, -0.2) is 4.79 Å². The van der Waals surface area contributed by atoms with E-state index in [2.05, 4.69) is 0 Å². The van der Waals surface area contributed by atoms with E-state index in [1.165, 1.54) is 31.4 Å². The first-order chi connectivity index (χ1) is 16.5. The van der Waals surface area contributed by atoms with Crippen molar-refractivity contribution in [3.8, 4) is 5.75 Å². The number of amides is 4. The molecule has 4 bridgehead atoms. The summed E-state index contributed by atoms with van der Waals surface area (Å²) in [5.41, 5.74) is -3.97. The van der Waals surface area contributed by atoms with Crippen LogP contribution in [-0.2, 0) is 4.79 Å². The van der Waals surface area contributed by atoms with Crippen molar-refractivity contribution in [2.75, 3.05) is 7.11 Å². The Hall–Kier alpha value is -2.78. The van der Waals surface area contributed by atoms with Crippen molar-refractivity contribution in [1.82, 2.24) is 15.5 Å². The number of urea groups is 1. The van der Waals surface area contributed by atoms with Crippen molar-refractivity contribution in [3.63, 3.8) is 0 Å². The van der Waals surface area contributed by atoms with Crippen LogP contribution in [-0.4, -0.2) is 47.7 Å². The number of carbonyl (C=O) groups is 3. The third-order valence-electron chi connectivity index (χ3n) is 8.62. The van der Waals surface area contributed by atoms with Crippen LogP contribution in [0.5, 0.6) is 5.75 Å². The Morgan fingerprint density at radius 1 is 1.11 bits per heavy atom. The van der Waals surface area contributed by atoms with Crippen molar-refractivity contribution in [2.24, 2.45) is 23.2 Å². The standard InChI is InChI=1S/C25H30F3N3O4/c1-3-19(23-11-14-8-15(12-23)10-16(9-14)13-23)31-21(33)24(25(26,27)28,30-22(31)34)29-20(32)17-4-6-18(35-2)7-5-17/h4-7,14-16,19H,3,8-13H2,1-2H3,(H,29,32)(H,30,34)/t14?,15?,16?,19-,23?,24+/m0/s1. The van der Waals surface area contributed by atoms with Crippen LogP contribution in [0.1, 0.15) is 62.2 Å². The third-order valence-corrected chi connectivity index (χ3v) is 8.62. The van der Waals surface area contributed by atoms with Gasteiger partial charge < -0.3 is 10.1 Å². The molecule has 1 aromatic rings. The van der Waals surface area contributed by atoms with Crippen molar-refractivity contribution < 1.29 is 32.3 Å². The van der Waals surface area contributed by atoms with Gasteiger partial charge in [-0.1, -0.05) is 6.92 Å². The van der Waals surface area contributed by atoms with Crippen LogP contribution in [0.2, 0.25) is 0 Å². The molecule has 4 saturated carbocycles. The molecule has 2 N–H and O–H groups in total. The molecule has 0 aromatic heterocycles. The Balaban J connectivity index is 1.46. The summed E-state index contributed by atoms with van der Waals surface area (Å²) in [6.45, 7) is 1.81. The van der Waals surface area contributed by atoms with Gasteiger partial charge in [-0.15, -0.1) is 0 Å². The van der Waals surface area contributed by atoms with E-state index in [4.69, 9.17) is 4.74 Å². The van der Waals surface area contributed by atoms with Gasteiger partial charge in [0.15, 0.2) is 0 Å². The molecule has 2 atom stereocenters. The Kier molecular flexibility index (Phi) is 5.56. The lowest BCUT2D eigenvalue weighted by Gasteiger charge is -2.60. The number of carbonyl (C=O) groups excluding carboxylic acids is 3. The van der Waals surface area contributed by atoms with Crippen LogP contribution in [0.3, 0.4) is 0 Å². The SMILES string of the molecule is CC[C@H](N1C(=O)N[C@@](NC(=O)c2ccc(OC)cc2)(C(F)(F)F)C1=O)C12CC3CC(CC(C3)C1)C2. The Morgan fingerprint density at radius 3 is 2.11 bits per heavy atom. The summed E-state index contributed by atoms with van der Waals surface area (Å²) < 4.78 is 48.3. The Labute approximate surface area is 201 Å². The molecule has 7 nitrogen and oxygen atoms in total. The summed E-state index contributed by atoms with van der Waals surface area (Å²) in [7, 11) is 1.42. The quantitative estimate of drug-likeness (QED) is 0.581. The topological polar surface area (TPSA) is 87.7 Å². The number of benzene rings is 1. The lowest BCUT2D eigenvalue weighted by Crippen LogP contribution is -2.70. The summed E-state index contributed by atoms with van der Waals surface area (Å²) in [6.07, 6.45) is 0.978. The first kappa shape index (κ1) is 23.9. The monoisotopic (exact) mass is 493 g/mol. The van der Waals surface area contributed by atoms with Crippen molar-refractivity contribution in [2.45, 2.75) is 69.8 Å². The lowest BCUT2D eigenvalue weighted by molar-refractivity contribution is -0.202. The fourth-order valence-corrected chi connectivity index (χ4v) is 7.64. The van der Waals surface area contributed by atoms with Gasteiger partial charge in [0, 0.05) is 11.6 Å².